The highest BCUT2D eigenvalue weighted by molar-refractivity contribution is 7.12. The first-order valence-electron chi connectivity index (χ1n) is 6.44. The van der Waals surface area contributed by atoms with Gasteiger partial charge < -0.3 is 10.1 Å². The van der Waals surface area contributed by atoms with E-state index in [0.717, 1.165) is 6.54 Å². The lowest BCUT2D eigenvalue weighted by Crippen LogP contribution is -2.30. The fourth-order valence-electron chi connectivity index (χ4n) is 2.32. The Morgan fingerprint density at radius 3 is 2.82 bits per heavy atom. The average Bonchev–Trinajstić information content (AvgIpc) is 2.81. The summed E-state index contributed by atoms with van der Waals surface area (Å²) >= 11 is 1.87. The van der Waals surface area contributed by atoms with Crippen LogP contribution in [-0.4, -0.2) is 18.2 Å². The Bertz CT molecular complexity index is 372. The van der Waals surface area contributed by atoms with Crippen LogP contribution < -0.4 is 5.32 Å². The molecule has 0 radical (unpaired) electrons. The molecule has 17 heavy (non-hydrogen) atoms. The predicted molar refractivity (Wildman–Crippen MR) is 73.7 cm³/mol. The van der Waals surface area contributed by atoms with Crippen LogP contribution in [0.25, 0.3) is 0 Å². The SMILES string of the molecule is Cc1ccc(C(C)NCC2CCC(C)(C)O2)s1. The van der Waals surface area contributed by atoms with Gasteiger partial charge in [-0.05, 0) is 52.7 Å². The summed E-state index contributed by atoms with van der Waals surface area (Å²) in [7, 11) is 0. The van der Waals surface area contributed by atoms with E-state index in [-0.39, 0.29) is 5.60 Å². The first kappa shape index (κ1) is 13.1. The molecule has 1 aliphatic rings. The van der Waals surface area contributed by atoms with E-state index in [2.05, 4.69) is 45.1 Å². The first-order valence-corrected chi connectivity index (χ1v) is 7.25. The summed E-state index contributed by atoms with van der Waals surface area (Å²) < 4.78 is 5.98. The molecule has 2 nitrogen and oxygen atoms in total. The largest absolute Gasteiger partial charge is 0.371 e. The molecule has 3 heteroatoms. The van der Waals surface area contributed by atoms with Gasteiger partial charge in [0, 0.05) is 22.3 Å². The second-order valence-corrected chi connectivity index (χ2v) is 6.94. The Balaban J connectivity index is 1.79. The standard InChI is InChI=1S/C14H23NOS/c1-10-5-6-13(17-10)11(2)15-9-12-7-8-14(3,4)16-12/h5-6,11-12,15H,7-9H2,1-4H3. The van der Waals surface area contributed by atoms with Gasteiger partial charge in [0.1, 0.15) is 0 Å². The summed E-state index contributed by atoms with van der Waals surface area (Å²) in [6.07, 6.45) is 2.73. The molecule has 0 aliphatic carbocycles. The second kappa shape index (κ2) is 5.09. The normalized spacial score (nSPS) is 25.1. The molecule has 1 N–H and O–H groups in total. The number of hydrogen-bond acceptors (Lipinski definition) is 3. The van der Waals surface area contributed by atoms with Crippen LogP contribution in [0, 0.1) is 6.92 Å². The quantitative estimate of drug-likeness (QED) is 0.884. The molecule has 0 amide bonds. The predicted octanol–water partition coefficient (Wildman–Crippen LogP) is 3.66. The molecule has 1 aromatic rings. The molecule has 0 saturated carbocycles. The van der Waals surface area contributed by atoms with Crippen molar-refractivity contribution in [1.29, 1.82) is 0 Å². The van der Waals surface area contributed by atoms with Gasteiger partial charge in [-0.3, -0.25) is 0 Å². The zero-order valence-corrected chi connectivity index (χ0v) is 12.1. The molecular formula is C14H23NOS. The van der Waals surface area contributed by atoms with Crippen LogP contribution >= 0.6 is 11.3 Å². The van der Waals surface area contributed by atoms with E-state index < -0.39 is 0 Å². The van der Waals surface area contributed by atoms with Crippen molar-refractivity contribution in [3.8, 4) is 0 Å². The fourth-order valence-corrected chi connectivity index (χ4v) is 3.22. The van der Waals surface area contributed by atoms with Crippen molar-refractivity contribution in [1.82, 2.24) is 5.32 Å². The van der Waals surface area contributed by atoms with Gasteiger partial charge in [0.05, 0.1) is 11.7 Å². The molecule has 96 valence electrons. The highest BCUT2D eigenvalue weighted by Gasteiger charge is 2.31. The number of thiophene rings is 1. The number of ether oxygens (including phenoxy) is 1. The van der Waals surface area contributed by atoms with Crippen LogP contribution in [0.3, 0.4) is 0 Å². The molecule has 1 aliphatic heterocycles. The molecular weight excluding hydrogens is 230 g/mol. The van der Waals surface area contributed by atoms with Crippen LogP contribution in [0.2, 0.25) is 0 Å². The Morgan fingerprint density at radius 2 is 2.29 bits per heavy atom. The molecule has 1 aromatic heterocycles. The smallest absolute Gasteiger partial charge is 0.0708 e. The van der Waals surface area contributed by atoms with E-state index in [1.54, 1.807) is 0 Å². The maximum atomic E-state index is 5.98. The fraction of sp³-hybridized carbons (Fsp3) is 0.714. The summed E-state index contributed by atoms with van der Waals surface area (Å²) in [4.78, 5) is 2.80. The van der Waals surface area contributed by atoms with Crippen molar-refractivity contribution in [2.75, 3.05) is 6.54 Å². The van der Waals surface area contributed by atoms with Gasteiger partial charge in [-0.15, -0.1) is 11.3 Å². The van der Waals surface area contributed by atoms with Gasteiger partial charge >= 0.3 is 0 Å². The van der Waals surface area contributed by atoms with Crippen LogP contribution in [0.1, 0.15) is 49.4 Å². The molecule has 2 atom stereocenters. The van der Waals surface area contributed by atoms with E-state index in [1.165, 1.54) is 22.6 Å². The third-order valence-corrected chi connectivity index (χ3v) is 4.58. The van der Waals surface area contributed by atoms with Crippen LogP contribution in [-0.2, 0) is 4.74 Å². The highest BCUT2D eigenvalue weighted by atomic mass is 32.1. The van der Waals surface area contributed by atoms with E-state index in [1.807, 2.05) is 11.3 Å². The van der Waals surface area contributed by atoms with Crippen molar-refractivity contribution in [2.24, 2.45) is 0 Å². The molecule has 0 bridgehead atoms. The Labute approximate surface area is 108 Å². The van der Waals surface area contributed by atoms with Crippen molar-refractivity contribution >= 4 is 11.3 Å². The van der Waals surface area contributed by atoms with Crippen LogP contribution in [0.5, 0.6) is 0 Å². The van der Waals surface area contributed by atoms with E-state index in [9.17, 15) is 0 Å². The maximum absolute atomic E-state index is 5.98. The third-order valence-electron chi connectivity index (χ3n) is 3.39. The summed E-state index contributed by atoms with van der Waals surface area (Å²) in [5.41, 5.74) is 0.0785. The highest BCUT2D eigenvalue weighted by Crippen LogP contribution is 2.29. The Hall–Kier alpha value is -0.380. The second-order valence-electron chi connectivity index (χ2n) is 5.62. The number of aryl methyl sites for hydroxylation is 1. The average molecular weight is 253 g/mol. The van der Waals surface area contributed by atoms with Crippen LogP contribution in [0.4, 0.5) is 0 Å². The molecule has 1 fully saturated rings. The summed E-state index contributed by atoms with van der Waals surface area (Å²) in [5.74, 6) is 0. The van der Waals surface area contributed by atoms with Crippen molar-refractivity contribution < 1.29 is 4.74 Å². The van der Waals surface area contributed by atoms with Gasteiger partial charge in [-0.2, -0.15) is 0 Å². The Morgan fingerprint density at radius 1 is 1.53 bits per heavy atom. The molecule has 2 unspecified atom stereocenters. The minimum absolute atomic E-state index is 0.0785. The number of rotatable bonds is 4. The summed E-state index contributed by atoms with van der Waals surface area (Å²) in [5, 5.41) is 3.58. The molecule has 2 heterocycles. The third kappa shape index (κ3) is 3.54. The first-order chi connectivity index (χ1) is 7.96. The van der Waals surface area contributed by atoms with Gasteiger partial charge in [0.15, 0.2) is 0 Å². The number of nitrogens with one attached hydrogen (secondary N) is 1. The van der Waals surface area contributed by atoms with Crippen molar-refractivity contribution in [2.45, 2.75) is 58.3 Å². The summed E-state index contributed by atoms with van der Waals surface area (Å²) in [6.45, 7) is 9.70. The number of hydrogen-bond donors (Lipinski definition) is 1. The lowest BCUT2D eigenvalue weighted by atomic mass is 10.1. The maximum Gasteiger partial charge on any atom is 0.0708 e. The molecule has 2 rings (SSSR count). The van der Waals surface area contributed by atoms with E-state index in [4.69, 9.17) is 4.74 Å². The zero-order valence-electron chi connectivity index (χ0n) is 11.2. The lowest BCUT2D eigenvalue weighted by Gasteiger charge is -2.21. The minimum Gasteiger partial charge on any atom is -0.371 e. The van der Waals surface area contributed by atoms with Gasteiger partial charge in [0.25, 0.3) is 0 Å². The molecule has 0 aromatic carbocycles. The van der Waals surface area contributed by atoms with Crippen molar-refractivity contribution in [3.63, 3.8) is 0 Å². The van der Waals surface area contributed by atoms with Gasteiger partial charge in [-0.25, -0.2) is 0 Å². The molecule has 0 spiro atoms. The van der Waals surface area contributed by atoms with E-state index in [0.29, 0.717) is 12.1 Å². The minimum atomic E-state index is 0.0785. The Kier molecular flexibility index (Phi) is 3.91. The van der Waals surface area contributed by atoms with Crippen molar-refractivity contribution in [3.05, 3.63) is 21.9 Å². The van der Waals surface area contributed by atoms with Gasteiger partial charge in [-0.1, -0.05) is 0 Å². The van der Waals surface area contributed by atoms with E-state index >= 15 is 0 Å². The topological polar surface area (TPSA) is 21.3 Å². The monoisotopic (exact) mass is 253 g/mol. The summed E-state index contributed by atoms with van der Waals surface area (Å²) in [6, 6.07) is 4.84. The van der Waals surface area contributed by atoms with Crippen LogP contribution in [0.15, 0.2) is 12.1 Å². The van der Waals surface area contributed by atoms with Gasteiger partial charge in [0.2, 0.25) is 0 Å². The lowest BCUT2D eigenvalue weighted by molar-refractivity contribution is -0.0149. The zero-order chi connectivity index (χ0) is 12.5. The molecule has 1 saturated heterocycles.